The van der Waals surface area contributed by atoms with E-state index in [1.165, 1.54) is 5.56 Å². The van der Waals surface area contributed by atoms with Crippen LogP contribution in [0.25, 0.3) is 0 Å². The second-order valence-electron chi connectivity index (χ2n) is 5.30. The number of halogens is 1. The van der Waals surface area contributed by atoms with Crippen LogP contribution in [-0.4, -0.2) is 39.9 Å². The number of aromatic nitrogens is 2. The van der Waals surface area contributed by atoms with E-state index in [2.05, 4.69) is 31.2 Å². The maximum Gasteiger partial charge on any atom is 0.223 e. The van der Waals surface area contributed by atoms with Crippen LogP contribution in [0, 0.1) is 0 Å². The van der Waals surface area contributed by atoms with Crippen molar-refractivity contribution in [2.24, 2.45) is 0 Å². The van der Waals surface area contributed by atoms with Gasteiger partial charge in [-0.1, -0.05) is 34.1 Å². The van der Waals surface area contributed by atoms with Gasteiger partial charge in [0.2, 0.25) is 11.9 Å². The first-order chi connectivity index (χ1) is 10.7. The fourth-order valence-corrected chi connectivity index (χ4v) is 2.91. The third kappa shape index (κ3) is 3.62. The third-order valence-electron chi connectivity index (χ3n) is 3.70. The van der Waals surface area contributed by atoms with Crippen LogP contribution in [0.1, 0.15) is 12.0 Å². The summed E-state index contributed by atoms with van der Waals surface area (Å²) >= 11 is 3.51. The smallest absolute Gasteiger partial charge is 0.223 e. The molecular formula is C16H17BrN4O. The molecule has 6 heteroatoms. The molecule has 1 aromatic heterocycles. The SMILES string of the molecule is O=C(CCc1ccccc1Br)N1CC(Nc2ncccn2)C1. The molecule has 114 valence electrons. The van der Waals surface area contributed by atoms with Crippen molar-refractivity contribution in [3.8, 4) is 0 Å². The van der Waals surface area contributed by atoms with E-state index in [9.17, 15) is 4.79 Å². The Bertz CT molecular complexity index is 644. The van der Waals surface area contributed by atoms with Gasteiger partial charge in [-0.15, -0.1) is 0 Å². The molecule has 1 N–H and O–H groups in total. The molecule has 1 aliphatic heterocycles. The number of anilines is 1. The Morgan fingerprint density at radius 2 is 1.95 bits per heavy atom. The number of carbonyl (C=O) groups excluding carboxylic acids is 1. The summed E-state index contributed by atoms with van der Waals surface area (Å²) in [7, 11) is 0. The van der Waals surface area contributed by atoms with Crippen molar-refractivity contribution < 1.29 is 4.79 Å². The molecule has 22 heavy (non-hydrogen) atoms. The summed E-state index contributed by atoms with van der Waals surface area (Å²) in [4.78, 5) is 22.3. The molecule has 0 saturated carbocycles. The lowest BCUT2D eigenvalue weighted by molar-refractivity contribution is -0.135. The van der Waals surface area contributed by atoms with Gasteiger partial charge in [0.05, 0.1) is 6.04 Å². The average molecular weight is 361 g/mol. The predicted octanol–water partition coefficient (Wildman–Crippen LogP) is 2.49. The Morgan fingerprint density at radius 3 is 2.68 bits per heavy atom. The molecule has 0 radical (unpaired) electrons. The molecule has 2 aromatic rings. The fraction of sp³-hybridized carbons (Fsp3) is 0.312. The molecule has 1 aromatic carbocycles. The van der Waals surface area contributed by atoms with E-state index >= 15 is 0 Å². The van der Waals surface area contributed by atoms with E-state index in [-0.39, 0.29) is 11.9 Å². The van der Waals surface area contributed by atoms with E-state index in [1.807, 2.05) is 29.2 Å². The first-order valence-corrected chi connectivity index (χ1v) is 8.06. The number of amides is 1. The Morgan fingerprint density at radius 1 is 1.23 bits per heavy atom. The number of rotatable bonds is 5. The summed E-state index contributed by atoms with van der Waals surface area (Å²) in [6.45, 7) is 1.43. The number of hydrogen-bond donors (Lipinski definition) is 1. The molecule has 1 aliphatic rings. The van der Waals surface area contributed by atoms with Gasteiger partial charge in [0.25, 0.3) is 0 Å². The maximum absolute atomic E-state index is 12.2. The summed E-state index contributed by atoms with van der Waals surface area (Å²) in [5, 5.41) is 3.22. The predicted molar refractivity (Wildman–Crippen MR) is 88.5 cm³/mol. The Kier molecular flexibility index (Phi) is 4.68. The second-order valence-corrected chi connectivity index (χ2v) is 6.16. The molecule has 0 aliphatic carbocycles. The van der Waals surface area contributed by atoms with Crippen LogP contribution in [-0.2, 0) is 11.2 Å². The van der Waals surface area contributed by atoms with Crippen molar-refractivity contribution in [3.05, 3.63) is 52.8 Å². The van der Waals surface area contributed by atoms with Gasteiger partial charge < -0.3 is 10.2 Å². The van der Waals surface area contributed by atoms with E-state index in [0.29, 0.717) is 25.5 Å². The van der Waals surface area contributed by atoms with Crippen molar-refractivity contribution in [2.45, 2.75) is 18.9 Å². The van der Waals surface area contributed by atoms with Crippen LogP contribution in [0.3, 0.4) is 0 Å². The summed E-state index contributed by atoms with van der Waals surface area (Å²) < 4.78 is 1.06. The number of nitrogens with zero attached hydrogens (tertiary/aromatic N) is 3. The lowest BCUT2D eigenvalue weighted by Gasteiger charge is -2.39. The Balaban J connectivity index is 1.43. The van der Waals surface area contributed by atoms with Crippen LogP contribution in [0.5, 0.6) is 0 Å². The highest BCUT2D eigenvalue weighted by Gasteiger charge is 2.30. The zero-order valence-electron chi connectivity index (χ0n) is 12.1. The molecular weight excluding hydrogens is 344 g/mol. The Hall–Kier alpha value is -1.95. The highest BCUT2D eigenvalue weighted by atomic mass is 79.9. The number of nitrogens with one attached hydrogen (secondary N) is 1. The molecule has 1 fully saturated rings. The van der Waals surface area contributed by atoms with Crippen molar-refractivity contribution in [2.75, 3.05) is 18.4 Å². The van der Waals surface area contributed by atoms with Crippen LogP contribution in [0.4, 0.5) is 5.95 Å². The number of aryl methyl sites for hydroxylation is 1. The topological polar surface area (TPSA) is 58.1 Å². The lowest BCUT2D eigenvalue weighted by Crippen LogP contribution is -2.57. The third-order valence-corrected chi connectivity index (χ3v) is 4.47. The van der Waals surface area contributed by atoms with E-state index in [4.69, 9.17) is 0 Å². The van der Waals surface area contributed by atoms with E-state index in [1.54, 1.807) is 18.5 Å². The minimum Gasteiger partial charge on any atom is -0.348 e. The van der Waals surface area contributed by atoms with Gasteiger partial charge in [-0.25, -0.2) is 9.97 Å². The number of hydrogen-bond acceptors (Lipinski definition) is 4. The molecule has 1 amide bonds. The standard InChI is InChI=1S/C16H17BrN4O/c17-14-5-2-1-4-12(14)6-7-15(22)21-10-13(11-21)20-16-18-8-3-9-19-16/h1-5,8-9,13H,6-7,10-11H2,(H,18,19,20). The van der Waals surface area contributed by atoms with Gasteiger partial charge in [-0.3, -0.25) is 4.79 Å². The molecule has 0 unspecified atom stereocenters. The number of likely N-dealkylation sites (tertiary alicyclic amines) is 1. The molecule has 2 heterocycles. The van der Waals surface area contributed by atoms with Crippen LogP contribution >= 0.6 is 15.9 Å². The van der Waals surface area contributed by atoms with E-state index < -0.39 is 0 Å². The van der Waals surface area contributed by atoms with Gasteiger partial charge in [0, 0.05) is 36.4 Å². The minimum absolute atomic E-state index is 0.197. The average Bonchev–Trinajstić information content (AvgIpc) is 2.50. The summed E-state index contributed by atoms with van der Waals surface area (Å²) in [6.07, 6.45) is 4.71. The number of carbonyl (C=O) groups is 1. The zero-order chi connectivity index (χ0) is 15.4. The Labute approximate surface area is 137 Å². The molecule has 1 saturated heterocycles. The normalized spacial score (nSPS) is 14.5. The van der Waals surface area contributed by atoms with Crippen LogP contribution < -0.4 is 5.32 Å². The molecule has 0 spiro atoms. The summed E-state index contributed by atoms with van der Waals surface area (Å²) in [6, 6.07) is 10.0. The van der Waals surface area contributed by atoms with Gasteiger partial charge in [-0.05, 0) is 24.1 Å². The quantitative estimate of drug-likeness (QED) is 0.889. The van der Waals surface area contributed by atoms with Crippen LogP contribution in [0.15, 0.2) is 47.2 Å². The minimum atomic E-state index is 0.197. The molecule has 0 bridgehead atoms. The zero-order valence-corrected chi connectivity index (χ0v) is 13.7. The first-order valence-electron chi connectivity index (χ1n) is 7.27. The second kappa shape index (κ2) is 6.87. The monoisotopic (exact) mass is 360 g/mol. The summed E-state index contributed by atoms with van der Waals surface area (Å²) in [5.74, 6) is 0.815. The first kappa shape index (κ1) is 15.0. The molecule has 0 atom stereocenters. The van der Waals surface area contributed by atoms with Crippen molar-refractivity contribution >= 4 is 27.8 Å². The fourth-order valence-electron chi connectivity index (χ4n) is 2.43. The van der Waals surface area contributed by atoms with Crippen molar-refractivity contribution in [1.29, 1.82) is 0 Å². The van der Waals surface area contributed by atoms with Gasteiger partial charge in [0.1, 0.15) is 0 Å². The largest absolute Gasteiger partial charge is 0.348 e. The molecule has 3 rings (SSSR count). The maximum atomic E-state index is 12.2. The number of benzene rings is 1. The highest BCUT2D eigenvalue weighted by molar-refractivity contribution is 9.10. The van der Waals surface area contributed by atoms with Crippen LogP contribution in [0.2, 0.25) is 0 Å². The van der Waals surface area contributed by atoms with Gasteiger partial charge in [-0.2, -0.15) is 0 Å². The van der Waals surface area contributed by atoms with Crippen molar-refractivity contribution in [1.82, 2.24) is 14.9 Å². The summed E-state index contributed by atoms with van der Waals surface area (Å²) in [5.41, 5.74) is 1.17. The van der Waals surface area contributed by atoms with E-state index in [0.717, 1.165) is 10.9 Å². The van der Waals surface area contributed by atoms with Gasteiger partial charge in [0.15, 0.2) is 0 Å². The molecule has 5 nitrogen and oxygen atoms in total. The van der Waals surface area contributed by atoms with Gasteiger partial charge >= 0.3 is 0 Å². The lowest BCUT2D eigenvalue weighted by atomic mass is 10.1. The highest BCUT2D eigenvalue weighted by Crippen LogP contribution is 2.19. The van der Waals surface area contributed by atoms with Crippen molar-refractivity contribution in [3.63, 3.8) is 0 Å².